The van der Waals surface area contributed by atoms with E-state index in [2.05, 4.69) is 5.32 Å². The van der Waals surface area contributed by atoms with Crippen molar-refractivity contribution in [3.63, 3.8) is 0 Å². The topological polar surface area (TPSA) is 119 Å². The summed E-state index contributed by atoms with van der Waals surface area (Å²) in [6.07, 6.45) is 0. The van der Waals surface area contributed by atoms with Gasteiger partial charge in [-0.15, -0.1) is 0 Å². The lowest BCUT2D eigenvalue weighted by Gasteiger charge is -2.22. The van der Waals surface area contributed by atoms with Crippen molar-refractivity contribution in [2.75, 3.05) is 26.1 Å². The molecule has 3 aromatic carbocycles. The number of sulfonamides is 1. The first kappa shape index (κ1) is 28.1. The average Bonchev–Trinajstić information content (AvgIpc) is 2.88. The van der Waals surface area contributed by atoms with Gasteiger partial charge in [0.15, 0.2) is 0 Å². The number of halogens is 2. The second-order valence-electron chi connectivity index (χ2n) is 7.65. The van der Waals surface area contributed by atoms with Crippen molar-refractivity contribution < 1.29 is 32.3 Å². The molecule has 0 saturated heterocycles. The number of benzene rings is 3. The van der Waals surface area contributed by atoms with Crippen LogP contribution in [0.5, 0.6) is 0 Å². The van der Waals surface area contributed by atoms with Crippen LogP contribution in [0.2, 0.25) is 10.0 Å². The predicted octanol–water partition coefficient (Wildman–Crippen LogP) is 4.40. The van der Waals surface area contributed by atoms with Crippen molar-refractivity contribution in [3.05, 3.63) is 93.5 Å². The molecule has 0 atom stereocenters. The van der Waals surface area contributed by atoms with Crippen molar-refractivity contribution in [3.8, 4) is 0 Å². The number of nitrogens with zero attached hydrogens (tertiary/aromatic N) is 1. The smallest absolute Gasteiger partial charge is 0.337 e. The first-order valence-electron chi connectivity index (χ1n) is 10.7. The van der Waals surface area contributed by atoms with Crippen molar-refractivity contribution in [1.29, 1.82) is 0 Å². The number of esters is 2. The van der Waals surface area contributed by atoms with Crippen LogP contribution >= 0.6 is 23.2 Å². The highest BCUT2D eigenvalue weighted by Crippen LogP contribution is 2.24. The van der Waals surface area contributed by atoms with E-state index in [1.54, 1.807) is 24.3 Å². The fourth-order valence-corrected chi connectivity index (χ4v) is 5.03. The van der Waals surface area contributed by atoms with E-state index in [0.717, 1.165) is 4.31 Å². The standard InChI is InChI=1S/C25H22Cl2N2O7S/c1-35-24(31)17-11-18(25(32)36-2)13-20(12-17)28-23(30)15-29(14-16-5-3-4-6-22(16)27)37(33,34)21-9-7-19(26)8-10-21/h3-13H,14-15H2,1-2H3,(H,28,30). The van der Waals surface area contributed by atoms with Crippen LogP contribution in [-0.2, 0) is 30.8 Å². The molecule has 0 spiro atoms. The van der Waals surface area contributed by atoms with Crippen LogP contribution in [0.15, 0.2) is 71.6 Å². The fourth-order valence-electron chi connectivity index (χ4n) is 3.33. The van der Waals surface area contributed by atoms with Gasteiger partial charge < -0.3 is 14.8 Å². The Morgan fingerprint density at radius 3 is 1.97 bits per heavy atom. The summed E-state index contributed by atoms with van der Waals surface area (Å²) >= 11 is 12.1. The zero-order valence-electron chi connectivity index (χ0n) is 19.7. The zero-order valence-corrected chi connectivity index (χ0v) is 22.1. The summed E-state index contributed by atoms with van der Waals surface area (Å²) in [5.74, 6) is -2.22. The maximum Gasteiger partial charge on any atom is 0.337 e. The Hall–Kier alpha value is -3.44. The second kappa shape index (κ2) is 12.2. The molecule has 0 radical (unpaired) electrons. The van der Waals surface area contributed by atoms with E-state index < -0.39 is 34.4 Å². The van der Waals surface area contributed by atoms with Crippen molar-refractivity contribution in [2.24, 2.45) is 0 Å². The van der Waals surface area contributed by atoms with Crippen LogP contribution in [0.1, 0.15) is 26.3 Å². The summed E-state index contributed by atoms with van der Waals surface area (Å²) in [6, 6.07) is 16.0. The second-order valence-corrected chi connectivity index (χ2v) is 10.4. The summed E-state index contributed by atoms with van der Waals surface area (Å²) in [5.41, 5.74) is 0.523. The summed E-state index contributed by atoms with van der Waals surface area (Å²) in [5, 5.41) is 3.20. The highest BCUT2D eigenvalue weighted by molar-refractivity contribution is 7.89. The number of nitrogens with one attached hydrogen (secondary N) is 1. The van der Waals surface area contributed by atoms with Crippen molar-refractivity contribution in [1.82, 2.24) is 4.31 Å². The highest BCUT2D eigenvalue weighted by Gasteiger charge is 2.28. The molecule has 0 heterocycles. The Balaban J connectivity index is 1.94. The molecule has 194 valence electrons. The Labute approximate surface area is 223 Å². The molecule has 0 unspecified atom stereocenters. The van der Waals surface area contributed by atoms with Gasteiger partial charge in [0.25, 0.3) is 0 Å². The SMILES string of the molecule is COC(=O)c1cc(NC(=O)CN(Cc2ccccc2Cl)S(=O)(=O)c2ccc(Cl)cc2)cc(C(=O)OC)c1. The van der Waals surface area contributed by atoms with E-state index >= 15 is 0 Å². The van der Waals surface area contributed by atoms with Crippen molar-refractivity contribution in [2.45, 2.75) is 11.4 Å². The highest BCUT2D eigenvalue weighted by atomic mass is 35.5. The van der Waals surface area contributed by atoms with Crippen molar-refractivity contribution >= 4 is 56.8 Å². The molecule has 0 aliphatic rings. The number of anilines is 1. The normalized spacial score (nSPS) is 11.2. The molecule has 0 saturated carbocycles. The summed E-state index contributed by atoms with van der Waals surface area (Å²) < 4.78 is 37.2. The molecule has 3 aromatic rings. The van der Waals surface area contributed by atoms with Gasteiger partial charge in [-0.05, 0) is 54.1 Å². The molecular weight excluding hydrogens is 543 g/mol. The summed E-state index contributed by atoms with van der Waals surface area (Å²) in [6.45, 7) is -0.806. The number of amides is 1. The molecule has 1 amide bonds. The van der Waals surface area contributed by atoms with E-state index in [-0.39, 0.29) is 28.3 Å². The molecule has 0 aromatic heterocycles. The molecule has 0 aliphatic carbocycles. The van der Waals surface area contributed by atoms with Crippen LogP contribution < -0.4 is 5.32 Å². The maximum atomic E-state index is 13.4. The molecule has 0 fully saturated rings. The molecule has 12 heteroatoms. The van der Waals surface area contributed by atoms with Crippen LogP contribution in [0.4, 0.5) is 5.69 Å². The molecule has 9 nitrogen and oxygen atoms in total. The van der Waals surface area contributed by atoms with Crippen LogP contribution in [-0.4, -0.2) is 51.3 Å². The van der Waals surface area contributed by atoms with Crippen LogP contribution in [0.3, 0.4) is 0 Å². The lowest BCUT2D eigenvalue weighted by molar-refractivity contribution is -0.116. The average molecular weight is 565 g/mol. The Morgan fingerprint density at radius 1 is 0.865 bits per heavy atom. The number of methoxy groups -OCH3 is 2. The lowest BCUT2D eigenvalue weighted by atomic mass is 10.1. The first-order valence-corrected chi connectivity index (χ1v) is 12.9. The van der Waals surface area contributed by atoms with Gasteiger partial charge in [-0.2, -0.15) is 4.31 Å². The summed E-state index contributed by atoms with van der Waals surface area (Å²) in [7, 11) is -1.83. The minimum Gasteiger partial charge on any atom is -0.465 e. The first-order chi connectivity index (χ1) is 17.5. The molecule has 3 rings (SSSR count). The van der Waals surface area contributed by atoms with Gasteiger partial charge in [-0.3, -0.25) is 4.79 Å². The monoisotopic (exact) mass is 564 g/mol. The number of rotatable bonds is 9. The largest absolute Gasteiger partial charge is 0.465 e. The number of hydrogen-bond donors (Lipinski definition) is 1. The number of carbonyl (C=O) groups excluding carboxylic acids is 3. The van der Waals surface area contributed by atoms with E-state index in [1.165, 1.54) is 56.7 Å². The Morgan fingerprint density at radius 2 is 1.43 bits per heavy atom. The van der Waals surface area contributed by atoms with Crippen LogP contribution in [0.25, 0.3) is 0 Å². The zero-order chi connectivity index (χ0) is 27.2. The Bertz CT molecular complexity index is 1390. The molecule has 0 aliphatic heterocycles. The van der Waals surface area contributed by atoms with Gasteiger partial charge in [0.2, 0.25) is 15.9 Å². The van der Waals surface area contributed by atoms with E-state index in [9.17, 15) is 22.8 Å². The molecule has 0 bridgehead atoms. The molecule has 37 heavy (non-hydrogen) atoms. The minimum absolute atomic E-state index is 0.0117. The van der Waals surface area contributed by atoms with Gasteiger partial charge in [-0.25, -0.2) is 18.0 Å². The van der Waals surface area contributed by atoms with E-state index in [1.807, 2.05) is 0 Å². The minimum atomic E-state index is -4.16. The van der Waals surface area contributed by atoms with Gasteiger partial charge in [0.1, 0.15) is 0 Å². The molecule has 1 N–H and O–H groups in total. The predicted molar refractivity (Wildman–Crippen MR) is 138 cm³/mol. The number of ether oxygens (including phenoxy) is 2. The van der Waals surface area contributed by atoms with Gasteiger partial charge in [0, 0.05) is 22.3 Å². The fraction of sp³-hybridized carbons (Fsp3) is 0.160. The van der Waals surface area contributed by atoms with Gasteiger partial charge in [0.05, 0.1) is 36.8 Å². The van der Waals surface area contributed by atoms with Crippen LogP contribution in [0, 0.1) is 0 Å². The quantitative estimate of drug-likeness (QED) is 0.382. The van der Waals surface area contributed by atoms with E-state index in [0.29, 0.717) is 15.6 Å². The lowest BCUT2D eigenvalue weighted by Crippen LogP contribution is -2.37. The summed E-state index contributed by atoms with van der Waals surface area (Å²) in [4.78, 5) is 37.0. The van der Waals surface area contributed by atoms with E-state index in [4.69, 9.17) is 32.7 Å². The van der Waals surface area contributed by atoms with Gasteiger partial charge in [-0.1, -0.05) is 41.4 Å². The maximum absolute atomic E-state index is 13.4. The molecular formula is C25H22Cl2N2O7S. The van der Waals surface area contributed by atoms with Gasteiger partial charge >= 0.3 is 11.9 Å². The third kappa shape index (κ3) is 7.07. The Kier molecular flexibility index (Phi) is 9.28. The number of hydrogen-bond acceptors (Lipinski definition) is 7. The number of carbonyl (C=O) groups is 3. The third-order valence-electron chi connectivity index (χ3n) is 5.13. The third-order valence-corrected chi connectivity index (χ3v) is 7.56.